The molecule has 2 atom stereocenters. The number of rotatable bonds is 6. The number of ether oxygens (including phenoxy) is 1. The third kappa shape index (κ3) is 3.94. The summed E-state index contributed by atoms with van der Waals surface area (Å²) >= 11 is 0. The van der Waals surface area contributed by atoms with Gasteiger partial charge in [0.05, 0.1) is 24.7 Å². The Hall–Kier alpha value is -2.12. The van der Waals surface area contributed by atoms with E-state index < -0.39 is 30.6 Å². The van der Waals surface area contributed by atoms with Gasteiger partial charge in [-0.3, -0.25) is 4.79 Å². The van der Waals surface area contributed by atoms with E-state index in [-0.39, 0.29) is 23.4 Å². The van der Waals surface area contributed by atoms with Crippen LogP contribution in [-0.4, -0.2) is 40.0 Å². The number of carbonyl (C=O) groups is 2. The van der Waals surface area contributed by atoms with Crippen LogP contribution in [0.15, 0.2) is 18.2 Å². The Morgan fingerprint density at radius 1 is 1.35 bits per heavy atom. The number of carboxylic acid groups (broad SMARTS) is 1. The van der Waals surface area contributed by atoms with E-state index in [1.807, 2.05) is 0 Å². The topological polar surface area (TPSA) is 130 Å². The van der Waals surface area contributed by atoms with Gasteiger partial charge in [-0.15, -0.1) is 0 Å². The van der Waals surface area contributed by atoms with Crippen molar-refractivity contribution in [2.24, 2.45) is 0 Å². The lowest BCUT2D eigenvalue weighted by Gasteiger charge is -2.18. The Labute approximate surface area is 115 Å². The molecule has 0 aliphatic rings. The van der Waals surface area contributed by atoms with Crippen LogP contribution in [-0.2, 0) is 9.53 Å². The number of nitrogens with two attached hydrogens (primary N) is 1. The standard InChI is InChI=1S/C13H17NO6/c1-2-20-13(19)7-3-4-9(14)8(5-7)12(18)10(15)6-11(16)17/h3-5,10,12,15,18H,2,6,14H2,1H3,(H,16,17). The van der Waals surface area contributed by atoms with Crippen LogP contribution in [0.25, 0.3) is 0 Å². The minimum Gasteiger partial charge on any atom is -0.481 e. The zero-order chi connectivity index (χ0) is 15.3. The van der Waals surface area contributed by atoms with Crippen LogP contribution >= 0.6 is 0 Å². The highest BCUT2D eigenvalue weighted by Crippen LogP contribution is 2.26. The van der Waals surface area contributed by atoms with Crippen LogP contribution in [0.4, 0.5) is 5.69 Å². The van der Waals surface area contributed by atoms with E-state index in [0.717, 1.165) is 0 Å². The average Bonchev–Trinajstić information content (AvgIpc) is 2.37. The van der Waals surface area contributed by atoms with E-state index >= 15 is 0 Å². The molecule has 7 heteroatoms. The molecule has 5 N–H and O–H groups in total. The Morgan fingerprint density at radius 2 is 2.00 bits per heavy atom. The van der Waals surface area contributed by atoms with Gasteiger partial charge >= 0.3 is 11.9 Å². The van der Waals surface area contributed by atoms with Gasteiger partial charge in [-0.25, -0.2) is 4.79 Å². The lowest BCUT2D eigenvalue weighted by atomic mass is 9.98. The highest BCUT2D eigenvalue weighted by atomic mass is 16.5. The van der Waals surface area contributed by atoms with Crippen molar-refractivity contribution >= 4 is 17.6 Å². The number of nitrogen functional groups attached to an aromatic ring is 1. The fourth-order valence-electron chi connectivity index (χ4n) is 1.67. The summed E-state index contributed by atoms with van der Waals surface area (Å²) < 4.78 is 4.81. The van der Waals surface area contributed by atoms with Crippen LogP contribution in [0, 0.1) is 0 Å². The number of benzene rings is 1. The molecule has 0 aromatic heterocycles. The maximum absolute atomic E-state index is 11.6. The Kier molecular flexibility index (Phi) is 5.48. The minimum atomic E-state index is -1.52. The molecule has 0 aliphatic heterocycles. The zero-order valence-electron chi connectivity index (χ0n) is 10.9. The Morgan fingerprint density at radius 3 is 2.55 bits per heavy atom. The fourth-order valence-corrected chi connectivity index (χ4v) is 1.67. The number of aliphatic hydroxyl groups is 2. The Balaban J connectivity index is 3.01. The molecule has 20 heavy (non-hydrogen) atoms. The maximum atomic E-state index is 11.6. The van der Waals surface area contributed by atoms with Crippen LogP contribution < -0.4 is 5.73 Å². The number of aliphatic hydroxyl groups excluding tert-OH is 2. The molecule has 7 nitrogen and oxygen atoms in total. The molecule has 0 bridgehead atoms. The summed E-state index contributed by atoms with van der Waals surface area (Å²) in [5.41, 5.74) is 6.06. The van der Waals surface area contributed by atoms with Gasteiger partial charge < -0.3 is 25.8 Å². The summed E-state index contributed by atoms with van der Waals surface area (Å²) in [7, 11) is 0. The smallest absolute Gasteiger partial charge is 0.338 e. The van der Waals surface area contributed by atoms with Crippen molar-refractivity contribution in [3.05, 3.63) is 29.3 Å². The summed E-state index contributed by atoms with van der Waals surface area (Å²) in [4.78, 5) is 22.1. The third-order valence-corrected chi connectivity index (χ3v) is 2.66. The summed E-state index contributed by atoms with van der Waals surface area (Å²) in [6.07, 6.45) is -3.66. The van der Waals surface area contributed by atoms with Gasteiger partial charge in [-0.1, -0.05) is 0 Å². The molecular weight excluding hydrogens is 266 g/mol. The first-order chi connectivity index (χ1) is 9.36. The van der Waals surface area contributed by atoms with Crippen molar-refractivity contribution in [3.8, 4) is 0 Å². The molecule has 0 radical (unpaired) electrons. The van der Waals surface area contributed by atoms with E-state index in [0.29, 0.717) is 0 Å². The quantitative estimate of drug-likeness (QED) is 0.436. The second-order valence-electron chi connectivity index (χ2n) is 4.17. The highest BCUT2D eigenvalue weighted by Gasteiger charge is 2.24. The van der Waals surface area contributed by atoms with Crippen molar-refractivity contribution in [2.45, 2.75) is 25.6 Å². The first-order valence-corrected chi connectivity index (χ1v) is 6.01. The molecule has 0 amide bonds. The van der Waals surface area contributed by atoms with Gasteiger partial charge in [0.1, 0.15) is 6.10 Å². The summed E-state index contributed by atoms with van der Waals surface area (Å²) in [6, 6.07) is 4.09. The van der Waals surface area contributed by atoms with Crippen molar-refractivity contribution in [1.29, 1.82) is 0 Å². The first-order valence-electron chi connectivity index (χ1n) is 6.01. The SMILES string of the molecule is CCOC(=O)c1ccc(N)c(C(O)C(O)CC(=O)O)c1. The predicted molar refractivity (Wildman–Crippen MR) is 70.0 cm³/mol. The number of carbonyl (C=O) groups excluding carboxylic acids is 1. The van der Waals surface area contributed by atoms with E-state index in [1.54, 1.807) is 6.92 Å². The van der Waals surface area contributed by atoms with Gasteiger partial charge in [-0.05, 0) is 25.1 Å². The number of hydrogen-bond donors (Lipinski definition) is 4. The molecule has 0 spiro atoms. The van der Waals surface area contributed by atoms with Gasteiger partial charge in [0.15, 0.2) is 0 Å². The number of hydrogen-bond acceptors (Lipinski definition) is 6. The van der Waals surface area contributed by atoms with Crippen molar-refractivity contribution in [2.75, 3.05) is 12.3 Å². The minimum absolute atomic E-state index is 0.0873. The molecule has 1 rings (SSSR count). The number of aliphatic carboxylic acids is 1. The van der Waals surface area contributed by atoms with Crippen LogP contribution in [0.2, 0.25) is 0 Å². The van der Waals surface area contributed by atoms with Crippen LogP contribution in [0.1, 0.15) is 35.4 Å². The second kappa shape index (κ2) is 6.88. The summed E-state index contributed by atoms with van der Waals surface area (Å²) in [5, 5.41) is 28.1. The second-order valence-corrected chi connectivity index (χ2v) is 4.17. The number of esters is 1. The van der Waals surface area contributed by atoms with Gasteiger partial charge in [0.2, 0.25) is 0 Å². The predicted octanol–water partition coefficient (Wildman–Crippen LogP) is 0.315. The van der Waals surface area contributed by atoms with Crippen LogP contribution in [0.5, 0.6) is 0 Å². The largest absolute Gasteiger partial charge is 0.481 e. The molecule has 110 valence electrons. The monoisotopic (exact) mass is 283 g/mol. The third-order valence-electron chi connectivity index (χ3n) is 2.66. The van der Waals surface area contributed by atoms with E-state index in [4.69, 9.17) is 15.6 Å². The fraction of sp³-hybridized carbons (Fsp3) is 0.385. The first kappa shape index (κ1) is 15.9. The molecule has 1 aromatic carbocycles. The lowest BCUT2D eigenvalue weighted by Crippen LogP contribution is -2.23. The average molecular weight is 283 g/mol. The lowest BCUT2D eigenvalue weighted by molar-refractivity contribution is -0.141. The van der Waals surface area contributed by atoms with E-state index in [9.17, 15) is 19.8 Å². The number of carboxylic acids is 1. The molecule has 0 aliphatic carbocycles. The van der Waals surface area contributed by atoms with E-state index in [1.165, 1.54) is 18.2 Å². The van der Waals surface area contributed by atoms with Gasteiger partial charge in [-0.2, -0.15) is 0 Å². The maximum Gasteiger partial charge on any atom is 0.338 e. The molecule has 2 unspecified atom stereocenters. The molecule has 0 fully saturated rings. The molecular formula is C13H17NO6. The molecule has 1 aromatic rings. The molecule has 0 saturated heterocycles. The normalized spacial score (nSPS) is 13.6. The molecule has 0 heterocycles. The van der Waals surface area contributed by atoms with Crippen molar-refractivity contribution in [1.82, 2.24) is 0 Å². The highest BCUT2D eigenvalue weighted by molar-refractivity contribution is 5.90. The van der Waals surface area contributed by atoms with Gasteiger partial charge in [0.25, 0.3) is 0 Å². The molecule has 0 saturated carbocycles. The zero-order valence-corrected chi connectivity index (χ0v) is 10.9. The van der Waals surface area contributed by atoms with Gasteiger partial charge in [0, 0.05) is 11.3 Å². The van der Waals surface area contributed by atoms with Crippen molar-refractivity contribution < 1.29 is 29.6 Å². The van der Waals surface area contributed by atoms with Crippen molar-refractivity contribution in [3.63, 3.8) is 0 Å². The number of anilines is 1. The Bertz CT molecular complexity index is 502. The van der Waals surface area contributed by atoms with Crippen LogP contribution in [0.3, 0.4) is 0 Å². The summed E-state index contributed by atoms with van der Waals surface area (Å²) in [6.45, 7) is 1.85. The van der Waals surface area contributed by atoms with E-state index in [2.05, 4.69) is 0 Å². The summed E-state index contributed by atoms with van der Waals surface area (Å²) in [5.74, 6) is -1.84.